The van der Waals surface area contributed by atoms with Gasteiger partial charge in [-0.2, -0.15) is 13.2 Å². The third kappa shape index (κ3) is 3.56. The summed E-state index contributed by atoms with van der Waals surface area (Å²) in [5, 5.41) is 19.7. The van der Waals surface area contributed by atoms with Crippen molar-refractivity contribution in [2.24, 2.45) is 0 Å². The van der Waals surface area contributed by atoms with Crippen molar-refractivity contribution in [1.29, 1.82) is 0 Å². The lowest BCUT2D eigenvalue weighted by Gasteiger charge is -2.31. The summed E-state index contributed by atoms with van der Waals surface area (Å²) < 4.78 is 41.4. The molecule has 0 unspecified atom stereocenters. The van der Waals surface area contributed by atoms with Crippen molar-refractivity contribution in [1.82, 2.24) is 14.8 Å². The maximum absolute atomic E-state index is 13.6. The molecule has 1 aliphatic rings. The number of anilines is 2. The van der Waals surface area contributed by atoms with E-state index in [9.17, 15) is 32.9 Å². The van der Waals surface area contributed by atoms with Gasteiger partial charge in [0.1, 0.15) is 6.04 Å². The highest BCUT2D eigenvalue weighted by atomic mass is 19.4. The zero-order valence-electron chi connectivity index (χ0n) is 13.4. The number of nitrogens with zero attached hydrogens (tertiary/aromatic N) is 5. The molecule has 10 nitrogen and oxygen atoms in total. The first-order valence-corrected chi connectivity index (χ1v) is 7.48. The molecule has 1 N–H and O–H groups in total. The number of nitro groups is 1. The molecule has 0 fully saturated rings. The predicted octanol–water partition coefficient (Wildman–Crippen LogP) is 1.49. The first kappa shape index (κ1) is 18.3. The van der Waals surface area contributed by atoms with Gasteiger partial charge in [0.2, 0.25) is 5.91 Å². The zero-order chi connectivity index (χ0) is 19.8. The minimum absolute atomic E-state index is 0.0286. The molecule has 13 heteroatoms. The number of hydrogen-bond donors (Lipinski definition) is 1. The first-order valence-electron chi connectivity index (χ1n) is 7.48. The van der Waals surface area contributed by atoms with E-state index in [1.165, 1.54) is 24.3 Å². The molecule has 27 heavy (non-hydrogen) atoms. The normalized spacial score (nSPS) is 17.1. The van der Waals surface area contributed by atoms with Crippen LogP contribution in [0.3, 0.4) is 0 Å². The molecule has 2 amide bonds. The summed E-state index contributed by atoms with van der Waals surface area (Å²) in [6, 6.07) is 3.07. The molecule has 1 aliphatic heterocycles. The van der Waals surface area contributed by atoms with E-state index in [-0.39, 0.29) is 11.4 Å². The van der Waals surface area contributed by atoms with Crippen molar-refractivity contribution in [3.8, 4) is 0 Å². The van der Waals surface area contributed by atoms with Crippen molar-refractivity contribution in [2.45, 2.75) is 25.2 Å². The van der Waals surface area contributed by atoms with Crippen molar-refractivity contribution < 1.29 is 27.7 Å². The van der Waals surface area contributed by atoms with Crippen LogP contribution in [-0.2, 0) is 16.1 Å². The molecule has 0 spiro atoms. The van der Waals surface area contributed by atoms with Crippen LogP contribution < -0.4 is 10.2 Å². The quantitative estimate of drug-likeness (QED) is 0.632. The SMILES string of the molecule is O=C1C[C@@H](C(F)(F)F)N(C(=O)Cn2cnnc2[N+](=O)[O-])c2ccccc2N1. The van der Waals surface area contributed by atoms with Crippen LogP contribution >= 0.6 is 0 Å². The van der Waals surface area contributed by atoms with Crippen molar-refractivity contribution in [3.63, 3.8) is 0 Å². The Morgan fingerprint density at radius 3 is 2.74 bits per heavy atom. The number of hydrogen-bond acceptors (Lipinski definition) is 6. The molecule has 1 aromatic carbocycles. The van der Waals surface area contributed by atoms with E-state index in [2.05, 4.69) is 15.5 Å². The predicted molar refractivity (Wildman–Crippen MR) is 83.7 cm³/mol. The molecule has 2 heterocycles. The molecular formula is C14H11F3N6O4. The number of aromatic nitrogens is 3. The Morgan fingerprint density at radius 1 is 1.37 bits per heavy atom. The minimum atomic E-state index is -4.90. The number of rotatable bonds is 3. The average Bonchev–Trinajstić information content (AvgIpc) is 2.96. The van der Waals surface area contributed by atoms with Crippen molar-refractivity contribution in [3.05, 3.63) is 40.7 Å². The molecule has 3 rings (SSSR count). The van der Waals surface area contributed by atoms with Crippen LogP contribution in [-0.4, -0.2) is 43.7 Å². The van der Waals surface area contributed by atoms with Crippen LogP contribution in [0.2, 0.25) is 0 Å². The Kier molecular flexibility index (Phi) is 4.51. The number of amides is 2. The molecule has 1 aromatic heterocycles. The van der Waals surface area contributed by atoms with Gasteiger partial charge in [0.15, 0.2) is 12.9 Å². The van der Waals surface area contributed by atoms with E-state index in [1.54, 1.807) is 0 Å². The fraction of sp³-hybridized carbons (Fsp3) is 0.286. The van der Waals surface area contributed by atoms with Gasteiger partial charge in [0.25, 0.3) is 5.91 Å². The Labute approximate surface area is 148 Å². The van der Waals surface area contributed by atoms with Gasteiger partial charge in [-0.1, -0.05) is 12.1 Å². The van der Waals surface area contributed by atoms with Crippen molar-refractivity contribution >= 4 is 29.1 Å². The minimum Gasteiger partial charge on any atom is -0.390 e. The number of carbonyl (C=O) groups excluding carboxylic acids is 2. The van der Waals surface area contributed by atoms with Crippen LogP contribution in [0, 0.1) is 10.1 Å². The Balaban J connectivity index is 2.05. The molecule has 1 atom stereocenters. The molecule has 0 aliphatic carbocycles. The lowest BCUT2D eigenvalue weighted by Crippen LogP contribution is -2.50. The molecule has 2 aromatic rings. The van der Waals surface area contributed by atoms with E-state index in [0.717, 1.165) is 10.9 Å². The molecule has 0 saturated carbocycles. The summed E-state index contributed by atoms with van der Waals surface area (Å²) in [4.78, 5) is 35.0. The number of alkyl halides is 3. The van der Waals surface area contributed by atoms with Gasteiger partial charge in [0, 0.05) is 0 Å². The molecule has 142 valence electrons. The van der Waals surface area contributed by atoms with Crippen LogP contribution in [0.15, 0.2) is 30.6 Å². The van der Waals surface area contributed by atoms with Gasteiger partial charge in [0.05, 0.1) is 22.9 Å². The highest BCUT2D eigenvalue weighted by Gasteiger charge is 2.49. The van der Waals surface area contributed by atoms with Gasteiger partial charge in [-0.25, -0.2) is 4.57 Å². The van der Waals surface area contributed by atoms with E-state index in [0.29, 0.717) is 4.90 Å². The Bertz CT molecular complexity index is 912. The average molecular weight is 384 g/mol. The number of fused-ring (bicyclic) bond motifs is 1. The second-order valence-electron chi connectivity index (χ2n) is 5.61. The Morgan fingerprint density at radius 2 is 2.07 bits per heavy atom. The lowest BCUT2D eigenvalue weighted by molar-refractivity contribution is -0.396. The van der Waals surface area contributed by atoms with E-state index < -0.39 is 47.9 Å². The zero-order valence-corrected chi connectivity index (χ0v) is 13.4. The van der Waals surface area contributed by atoms with E-state index in [4.69, 9.17) is 0 Å². The Hall–Kier alpha value is -3.51. The van der Waals surface area contributed by atoms with E-state index in [1.807, 2.05) is 0 Å². The highest BCUT2D eigenvalue weighted by molar-refractivity contribution is 6.04. The third-order valence-electron chi connectivity index (χ3n) is 3.84. The molecule has 0 radical (unpaired) electrons. The topological polar surface area (TPSA) is 123 Å². The van der Waals surface area contributed by atoms with Gasteiger partial charge in [-0.3, -0.25) is 14.5 Å². The molecular weight excluding hydrogens is 373 g/mol. The fourth-order valence-corrected chi connectivity index (χ4v) is 2.72. The van der Waals surface area contributed by atoms with Crippen LogP contribution in [0.4, 0.5) is 30.5 Å². The molecule has 0 saturated heterocycles. The van der Waals surface area contributed by atoms with Crippen LogP contribution in [0.25, 0.3) is 0 Å². The monoisotopic (exact) mass is 384 g/mol. The summed E-state index contributed by atoms with van der Waals surface area (Å²) >= 11 is 0. The summed E-state index contributed by atoms with van der Waals surface area (Å²) in [6.07, 6.45) is -5.04. The largest absolute Gasteiger partial charge is 0.458 e. The van der Waals surface area contributed by atoms with Crippen LogP contribution in [0.5, 0.6) is 0 Å². The summed E-state index contributed by atoms with van der Waals surface area (Å²) in [7, 11) is 0. The second kappa shape index (κ2) is 6.66. The summed E-state index contributed by atoms with van der Waals surface area (Å²) in [6.45, 7) is -0.807. The number of halogens is 3. The van der Waals surface area contributed by atoms with Crippen molar-refractivity contribution in [2.75, 3.05) is 10.2 Å². The van der Waals surface area contributed by atoms with Gasteiger partial charge >= 0.3 is 12.1 Å². The van der Waals surface area contributed by atoms with Gasteiger partial charge in [-0.15, -0.1) is 0 Å². The highest BCUT2D eigenvalue weighted by Crippen LogP contribution is 2.37. The summed E-state index contributed by atoms with van der Waals surface area (Å²) in [5.41, 5.74) is -0.132. The number of carbonyl (C=O) groups is 2. The maximum atomic E-state index is 13.6. The third-order valence-corrected chi connectivity index (χ3v) is 3.84. The maximum Gasteiger partial charge on any atom is 0.458 e. The standard InChI is InChI=1S/C14H11F3N6O4/c15-14(16,17)10-5-11(24)19-8-3-1-2-4-9(8)22(10)12(25)6-21-7-18-20-13(21)23(26)27/h1-4,7,10H,5-6H2,(H,19,24)/t10-/m0/s1. The number of nitrogens with one attached hydrogen (secondary N) is 1. The fourth-order valence-electron chi connectivity index (χ4n) is 2.72. The number of para-hydroxylation sites is 2. The lowest BCUT2D eigenvalue weighted by atomic mass is 10.1. The van der Waals surface area contributed by atoms with E-state index >= 15 is 0 Å². The van der Waals surface area contributed by atoms with Crippen LogP contribution in [0.1, 0.15) is 6.42 Å². The second-order valence-corrected chi connectivity index (χ2v) is 5.61. The van der Waals surface area contributed by atoms with Gasteiger partial charge < -0.3 is 15.4 Å². The van der Waals surface area contributed by atoms with Gasteiger partial charge in [-0.05, 0) is 22.2 Å². The number of benzene rings is 1. The smallest absolute Gasteiger partial charge is 0.390 e. The molecule has 0 bridgehead atoms. The summed E-state index contributed by atoms with van der Waals surface area (Å²) in [5.74, 6) is -2.80. The first-order chi connectivity index (χ1) is 12.7.